The van der Waals surface area contributed by atoms with Crippen molar-refractivity contribution in [1.29, 1.82) is 0 Å². The Morgan fingerprint density at radius 1 is 1.32 bits per heavy atom. The molecular formula is C15H23NO3. The molecule has 1 aromatic rings. The van der Waals surface area contributed by atoms with Crippen molar-refractivity contribution in [2.45, 2.75) is 31.7 Å². The molecule has 4 nitrogen and oxygen atoms in total. The molecule has 0 radical (unpaired) electrons. The van der Waals surface area contributed by atoms with Crippen LogP contribution >= 0.6 is 0 Å². The standard InChI is InChI=1S/C15H23NO3/c1-12-9-16(10-14(11-17)19-12)8-7-15(18)13-5-3-2-4-6-13/h2-6,12,14-15,17-18H,7-11H2,1H3. The van der Waals surface area contributed by atoms with Gasteiger partial charge in [0.1, 0.15) is 0 Å². The van der Waals surface area contributed by atoms with Crippen LogP contribution in [0.15, 0.2) is 30.3 Å². The molecule has 3 unspecified atom stereocenters. The van der Waals surface area contributed by atoms with Crippen molar-refractivity contribution in [3.63, 3.8) is 0 Å². The van der Waals surface area contributed by atoms with Gasteiger partial charge in [-0.2, -0.15) is 0 Å². The maximum atomic E-state index is 10.1. The summed E-state index contributed by atoms with van der Waals surface area (Å²) in [5.74, 6) is 0. The third-order valence-electron chi connectivity index (χ3n) is 3.51. The number of ether oxygens (including phenoxy) is 1. The molecular weight excluding hydrogens is 242 g/mol. The number of aliphatic hydroxyl groups excluding tert-OH is 2. The molecule has 106 valence electrons. The highest BCUT2D eigenvalue weighted by Gasteiger charge is 2.24. The number of morpholine rings is 1. The topological polar surface area (TPSA) is 52.9 Å². The Balaban J connectivity index is 1.81. The molecule has 2 rings (SSSR count). The minimum absolute atomic E-state index is 0.0576. The third-order valence-corrected chi connectivity index (χ3v) is 3.51. The van der Waals surface area contributed by atoms with Crippen molar-refractivity contribution in [2.75, 3.05) is 26.2 Å². The lowest BCUT2D eigenvalue weighted by molar-refractivity contribution is -0.0967. The summed E-state index contributed by atoms with van der Waals surface area (Å²) in [5.41, 5.74) is 0.961. The summed E-state index contributed by atoms with van der Waals surface area (Å²) in [4.78, 5) is 2.25. The van der Waals surface area contributed by atoms with Gasteiger partial charge >= 0.3 is 0 Å². The summed E-state index contributed by atoms with van der Waals surface area (Å²) in [5, 5.41) is 19.3. The van der Waals surface area contributed by atoms with Crippen LogP contribution in [0.3, 0.4) is 0 Å². The molecule has 0 saturated carbocycles. The lowest BCUT2D eigenvalue weighted by Gasteiger charge is -2.36. The van der Waals surface area contributed by atoms with E-state index in [1.165, 1.54) is 0 Å². The van der Waals surface area contributed by atoms with Gasteiger partial charge in [0.2, 0.25) is 0 Å². The first kappa shape index (κ1) is 14.5. The van der Waals surface area contributed by atoms with Crippen molar-refractivity contribution < 1.29 is 14.9 Å². The summed E-state index contributed by atoms with van der Waals surface area (Å²) in [7, 11) is 0. The summed E-state index contributed by atoms with van der Waals surface area (Å²) < 4.78 is 5.60. The number of benzene rings is 1. The van der Waals surface area contributed by atoms with Crippen molar-refractivity contribution in [3.05, 3.63) is 35.9 Å². The Bertz CT molecular complexity index is 371. The highest BCUT2D eigenvalue weighted by Crippen LogP contribution is 2.18. The van der Waals surface area contributed by atoms with Crippen LogP contribution in [0, 0.1) is 0 Å². The zero-order valence-corrected chi connectivity index (χ0v) is 11.4. The zero-order valence-electron chi connectivity index (χ0n) is 11.4. The molecule has 1 heterocycles. The fourth-order valence-electron chi connectivity index (χ4n) is 2.57. The van der Waals surface area contributed by atoms with E-state index < -0.39 is 6.10 Å². The first-order valence-corrected chi connectivity index (χ1v) is 6.90. The Morgan fingerprint density at radius 2 is 2.05 bits per heavy atom. The van der Waals surface area contributed by atoms with Gasteiger partial charge in [0.25, 0.3) is 0 Å². The maximum absolute atomic E-state index is 10.1. The summed E-state index contributed by atoms with van der Waals surface area (Å²) in [6.07, 6.45) is 0.318. The maximum Gasteiger partial charge on any atom is 0.0936 e. The SMILES string of the molecule is CC1CN(CCC(O)c2ccccc2)CC(CO)O1. The van der Waals surface area contributed by atoms with E-state index in [1.807, 2.05) is 37.3 Å². The second kappa shape index (κ2) is 7.01. The van der Waals surface area contributed by atoms with Gasteiger partial charge in [-0.1, -0.05) is 30.3 Å². The fourth-order valence-corrected chi connectivity index (χ4v) is 2.57. The first-order valence-electron chi connectivity index (χ1n) is 6.90. The molecule has 0 bridgehead atoms. The molecule has 1 saturated heterocycles. The Kier molecular flexibility index (Phi) is 5.34. The van der Waals surface area contributed by atoms with E-state index in [0.717, 1.165) is 25.2 Å². The highest BCUT2D eigenvalue weighted by atomic mass is 16.5. The van der Waals surface area contributed by atoms with Gasteiger partial charge in [-0.05, 0) is 18.9 Å². The number of rotatable bonds is 5. The average molecular weight is 265 g/mol. The Hall–Kier alpha value is -0.940. The van der Waals surface area contributed by atoms with Gasteiger partial charge in [-0.25, -0.2) is 0 Å². The van der Waals surface area contributed by atoms with Crippen LogP contribution < -0.4 is 0 Å². The Morgan fingerprint density at radius 3 is 2.74 bits per heavy atom. The van der Waals surface area contributed by atoms with Crippen molar-refractivity contribution >= 4 is 0 Å². The van der Waals surface area contributed by atoms with Gasteiger partial charge in [0.15, 0.2) is 0 Å². The highest BCUT2D eigenvalue weighted by molar-refractivity contribution is 5.17. The largest absolute Gasteiger partial charge is 0.394 e. The van der Waals surface area contributed by atoms with Crippen LogP contribution in [0.5, 0.6) is 0 Å². The molecule has 1 aliphatic heterocycles. The van der Waals surface area contributed by atoms with Crippen LogP contribution in [0.2, 0.25) is 0 Å². The molecule has 0 spiro atoms. The zero-order chi connectivity index (χ0) is 13.7. The van der Waals surface area contributed by atoms with Crippen LogP contribution in [0.1, 0.15) is 25.0 Å². The molecule has 2 N–H and O–H groups in total. The predicted octanol–water partition coefficient (Wildman–Crippen LogP) is 1.19. The van der Waals surface area contributed by atoms with Crippen molar-refractivity contribution in [2.24, 2.45) is 0 Å². The minimum Gasteiger partial charge on any atom is -0.394 e. The number of hydrogen-bond acceptors (Lipinski definition) is 4. The molecule has 3 atom stereocenters. The van der Waals surface area contributed by atoms with E-state index in [4.69, 9.17) is 4.74 Å². The lowest BCUT2D eigenvalue weighted by Crippen LogP contribution is -2.48. The van der Waals surface area contributed by atoms with E-state index in [-0.39, 0.29) is 18.8 Å². The molecule has 1 aromatic carbocycles. The van der Waals surface area contributed by atoms with E-state index in [9.17, 15) is 10.2 Å². The van der Waals surface area contributed by atoms with E-state index in [1.54, 1.807) is 0 Å². The quantitative estimate of drug-likeness (QED) is 0.840. The molecule has 0 amide bonds. The van der Waals surface area contributed by atoms with Gasteiger partial charge in [-0.15, -0.1) is 0 Å². The first-order chi connectivity index (χ1) is 9.19. The van der Waals surface area contributed by atoms with Crippen molar-refractivity contribution in [1.82, 2.24) is 4.90 Å². The van der Waals surface area contributed by atoms with E-state index in [0.29, 0.717) is 6.42 Å². The van der Waals surface area contributed by atoms with Crippen LogP contribution in [0.25, 0.3) is 0 Å². The lowest BCUT2D eigenvalue weighted by atomic mass is 10.1. The number of aliphatic hydroxyl groups is 2. The summed E-state index contributed by atoms with van der Waals surface area (Å²) in [6.45, 7) is 4.49. The fraction of sp³-hybridized carbons (Fsp3) is 0.600. The van der Waals surface area contributed by atoms with Crippen LogP contribution in [-0.2, 0) is 4.74 Å². The third kappa shape index (κ3) is 4.28. The normalized spacial score (nSPS) is 26.3. The van der Waals surface area contributed by atoms with Gasteiger partial charge in [0, 0.05) is 19.6 Å². The smallest absolute Gasteiger partial charge is 0.0936 e. The van der Waals surface area contributed by atoms with Crippen LogP contribution in [-0.4, -0.2) is 53.6 Å². The predicted molar refractivity (Wildman–Crippen MR) is 73.9 cm³/mol. The van der Waals surface area contributed by atoms with E-state index >= 15 is 0 Å². The second-order valence-electron chi connectivity index (χ2n) is 5.23. The van der Waals surface area contributed by atoms with Crippen LogP contribution in [0.4, 0.5) is 0 Å². The van der Waals surface area contributed by atoms with Gasteiger partial charge in [0.05, 0.1) is 24.9 Å². The molecule has 19 heavy (non-hydrogen) atoms. The molecule has 1 aliphatic rings. The minimum atomic E-state index is -0.424. The van der Waals surface area contributed by atoms with Crippen molar-refractivity contribution in [3.8, 4) is 0 Å². The molecule has 1 fully saturated rings. The second-order valence-corrected chi connectivity index (χ2v) is 5.23. The molecule has 0 aliphatic carbocycles. The number of hydrogen-bond donors (Lipinski definition) is 2. The van der Waals surface area contributed by atoms with Gasteiger partial charge in [-0.3, -0.25) is 4.90 Å². The molecule has 4 heteroatoms. The molecule has 0 aromatic heterocycles. The number of nitrogens with zero attached hydrogens (tertiary/aromatic N) is 1. The van der Waals surface area contributed by atoms with Gasteiger partial charge < -0.3 is 14.9 Å². The average Bonchev–Trinajstić information content (AvgIpc) is 2.45. The monoisotopic (exact) mass is 265 g/mol. The van der Waals surface area contributed by atoms with E-state index in [2.05, 4.69) is 4.90 Å². The summed E-state index contributed by atoms with van der Waals surface area (Å²) in [6, 6.07) is 9.73. The Labute approximate surface area is 114 Å². The summed E-state index contributed by atoms with van der Waals surface area (Å²) >= 11 is 0.